The molecule has 94 valence electrons. The average Bonchev–Trinajstić information content (AvgIpc) is 2.67. The van der Waals surface area contributed by atoms with Crippen molar-refractivity contribution in [3.8, 4) is 11.3 Å². The molecule has 0 bridgehead atoms. The third-order valence-electron chi connectivity index (χ3n) is 3.10. The number of benzene rings is 1. The van der Waals surface area contributed by atoms with Crippen LogP contribution in [0.2, 0.25) is 0 Å². The highest BCUT2D eigenvalue weighted by Crippen LogP contribution is 2.26. The number of imidazole rings is 1. The fraction of sp³-hybridized carbons (Fsp3) is 0.308. The summed E-state index contributed by atoms with van der Waals surface area (Å²) in [6, 6.07) is 6.52. The molecule has 3 rings (SSSR count). The van der Waals surface area contributed by atoms with Crippen LogP contribution in [0.5, 0.6) is 0 Å². The fourth-order valence-electron chi connectivity index (χ4n) is 2.04. The Balaban J connectivity index is 1.94. The van der Waals surface area contributed by atoms with Gasteiger partial charge in [0.15, 0.2) is 0 Å². The van der Waals surface area contributed by atoms with Gasteiger partial charge in [0, 0.05) is 12.2 Å². The van der Waals surface area contributed by atoms with E-state index in [9.17, 15) is 4.39 Å². The summed E-state index contributed by atoms with van der Waals surface area (Å²) in [5, 5.41) is 0. The molecule has 18 heavy (non-hydrogen) atoms. The topological polar surface area (TPSA) is 27.1 Å². The van der Waals surface area contributed by atoms with Gasteiger partial charge in [0.1, 0.15) is 9.52 Å². The zero-order valence-corrected chi connectivity index (χ0v) is 11.8. The Kier molecular flexibility index (Phi) is 3.34. The molecule has 0 amide bonds. The van der Waals surface area contributed by atoms with E-state index in [1.165, 1.54) is 12.1 Å². The Morgan fingerprint density at radius 3 is 2.72 bits per heavy atom. The highest BCUT2D eigenvalue weighted by Gasteiger charge is 2.21. The van der Waals surface area contributed by atoms with E-state index >= 15 is 0 Å². The molecule has 1 fully saturated rings. The summed E-state index contributed by atoms with van der Waals surface area (Å²) >= 11 is 2.20. The first-order valence-corrected chi connectivity index (χ1v) is 6.90. The van der Waals surface area contributed by atoms with Crippen molar-refractivity contribution in [2.75, 3.05) is 6.61 Å². The monoisotopic (exact) mass is 358 g/mol. The maximum atomic E-state index is 13.0. The van der Waals surface area contributed by atoms with Crippen molar-refractivity contribution in [1.82, 2.24) is 9.55 Å². The highest BCUT2D eigenvalue weighted by molar-refractivity contribution is 14.1. The largest absolute Gasteiger partial charge is 0.376 e. The van der Waals surface area contributed by atoms with Crippen molar-refractivity contribution in [1.29, 1.82) is 0 Å². The molecule has 1 aromatic carbocycles. The Bertz CT molecular complexity index is 549. The number of rotatable bonds is 3. The van der Waals surface area contributed by atoms with Gasteiger partial charge >= 0.3 is 0 Å². The van der Waals surface area contributed by atoms with Crippen LogP contribution in [0.4, 0.5) is 4.39 Å². The first-order valence-electron chi connectivity index (χ1n) is 5.82. The minimum Gasteiger partial charge on any atom is -0.376 e. The average molecular weight is 358 g/mol. The van der Waals surface area contributed by atoms with Crippen LogP contribution in [0.25, 0.3) is 11.3 Å². The second kappa shape index (κ2) is 4.97. The van der Waals surface area contributed by atoms with Gasteiger partial charge in [-0.15, -0.1) is 0 Å². The van der Waals surface area contributed by atoms with E-state index in [1.807, 2.05) is 6.33 Å². The van der Waals surface area contributed by atoms with Crippen LogP contribution < -0.4 is 0 Å². The quantitative estimate of drug-likeness (QED) is 0.789. The first kappa shape index (κ1) is 12.1. The SMILES string of the molecule is Fc1ccc(-c2c(I)ncn2CC2CCO2)cc1. The molecule has 1 atom stereocenters. The Labute approximate surface area is 118 Å². The lowest BCUT2D eigenvalue weighted by Crippen LogP contribution is -2.31. The minimum absolute atomic E-state index is 0.220. The van der Waals surface area contributed by atoms with Gasteiger partial charge in [-0.25, -0.2) is 9.37 Å². The minimum atomic E-state index is -0.220. The molecule has 1 saturated heterocycles. The first-order chi connectivity index (χ1) is 8.74. The third-order valence-corrected chi connectivity index (χ3v) is 3.89. The van der Waals surface area contributed by atoms with Crippen LogP contribution in [0.1, 0.15) is 6.42 Å². The molecule has 1 aliphatic heterocycles. The third kappa shape index (κ3) is 2.29. The number of hydrogen-bond acceptors (Lipinski definition) is 2. The van der Waals surface area contributed by atoms with Crippen molar-refractivity contribution in [3.05, 3.63) is 40.1 Å². The molecule has 0 saturated carbocycles. The van der Waals surface area contributed by atoms with Gasteiger partial charge < -0.3 is 9.30 Å². The maximum absolute atomic E-state index is 13.0. The second-order valence-electron chi connectivity index (χ2n) is 4.32. The molecule has 3 nitrogen and oxygen atoms in total. The van der Waals surface area contributed by atoms with Gasteiger partial charge in [-0.05, 0) is 53.3 Å². The van der Waals surface area contributed by atoms with Crippen LogP contribution in [0.15, 0.2) is 30.6 Å². The number of halogens is 2. The number of nitrogens with zero attached hydrogens (tertiary/aromatic N) is 2. The second-order valence-corrected chi connectivity index (χ2v) is 5.35. The maximum Gasteiger partial charge on any atom is 0.127 e. The van der Waals surface area contributed by atoms with Crippen LogP contribution in [0.3, 0.4) is 0 Å². The summed E-state index contributed by atoms with van der Waals surface area (Å²) in [7, 11) is 0. The summed E-state index contributed by atoms with van der Waals surface area (Å²) in [5.74, 6) is -0.220. The molecule has 0 N–H and O–H groups in total. The van der Waals surface area contributed by atoms with E-state index in [1.54, 1.807) is 12.1 Å². The molecule has 1 aliphatic rings. The van der Waals surface area contributed by atoms with Crippen LogP contribution in [-0.4, -0.2) is 22.3 Å². The standard InChI is InChI=1S/C13H12FIN2O/c14-10-3-1-9(2-4-10)12-13(15)16-8-17(12)7-11-5-6-18-11/h1-4,8,11H,5-7H2. The summed E-state index contributed by atoms with van der Waals surface area (Å²) in [5.41, 5.74) is 2.02. The molecule has 5 heteroatoms. The van der Waals surface area contributed by atoms with Crippen molar-refractivity contribution in [2.24, 2.45) is 0 Å². The van der Waals surface area contributed by atoms with Gasteiger partial charge in [-0.2, -0.15) is 0 Å². The summed E-state index contributed by atoms with van der Waals surface area (Å²) in [6.07, 6.45) is 3.20. The van der Waals surface area contributed by atoms with E-state index in [0.29, 0.717) is 0 Å². The number of ether oxygens (including phenoxy) is 1. The van der Waals surface area contributed by atoms with Crippen molar-refractivity contribution in [2.45, 2.75) is 19.1 Å². The Hall–Kier alpha value is -0.950. The van der Waals surface area contributed by atoms with E-state index in [4.69, 9.17) is 4.74 Å². The van der Waals surface area contributed by atoms with Gasteiger partial charge in [0.2, 0.25) is 0 Å². The summed E-state index contributed by atoms with van der Waals surface area (Å²) in [4.78, 5) is 4.33. The molecule has 1 aromatic heterocycles. The summed E-state index contributed by atoms with van der Waals surface area (Å²) < 4.78 is 21.4. The fourth-order valence-corrected chi connectivity index (χ4v) is 2.78. The zero-order chi connectivity index (χ0) is 12.5. The smallest absolute Gasteiger partial charge is 0.127 e. The summed E-state index contributed by atoms with van der Waals surface area (Å²) in [6.45, 7) is 1.66. The molecule has 2 heterocycles. The molecule has 0 radical (unpaired) electrons. The predicted octanol–water partition coefficient (Wildman–Crippen LogP) is 3.08. The van der Waals surface area contributed by atoms with Crippen LogP contribution >= 0.6 is 22.6 Å². The molecular formula is C13H12FIN2O. The molecule has 1 unspecified atom stereocenters. The van der Waals surface area contributed by atoms with Crippen molar-refractivity contribution in [3.63, 3.8) is 0 Å². The molecule has 0 aliphatic carbocycles. The lowest BCUT2D eigenvalue weighted by atomic mass is 10.1. The Morgan fingerprint density at radius 1 is 1.39 bits per heavy atom. The molecular weight excluding hydrogens is 346 g/mol. The number of hydrogen-bond donors (Lipinski definition) is 0. The van der Waals surface area contributed by atoms with Gasteiger partial charge in [0.05, 0.1) is 24.7 Å². The van der Waals surface area contributed by atoms with Gasteiger partial charge in [0.25, 0.3) is 0 Å². The normalized spacial score (nSPS) is 18.7. The zero-order valence-electron chi connectivity index (χ0n) is 9.64. The molecule has 2 aromatic rings. The van der Waals surface area contributed by atoms with Crippen molar-refractivity contribution < 1.29 is 9.13 Å². The Morgan fingerprint density at radius 2 is 2.11 bits per heavy atom. The highest BCUT2D eigenvalue weighted by atomic mass is 127. The molecule has 0 spiro atoms. The number of aromatic nitrogens is 2. The van der Waals surface area contributed by atoms with E-state index in [2.05, 4.69) is 32.1 Å². The van der Waals surface area contributed by atoms with E-state index in [0.717, 1.165) is 34.5 Å². The van der Waals surface area contributed by atoms with E-state index in [-0.39, 0.29) is 11.9 Å². The van der Waals surface area contributed by atoms with Crippen molar-refractivity contribution >= 4 is 22.6 Å². The van der Waals surface area contributed by atoms with Crippen LogP contribution in [-0.2, 0) is 11.3 Å². The lowest BCUT2D eigenvalue weighted by Gasteiger charge is -2.27. The lowest BCUT2D eigenvalue weighted by molar-refractivity contribution is -0.0590. The van der Waals surface area contributed by atoms with E-state index < -0.39 is 0 Å². The van der Waals surface area contributed by atoms with Crippen LogP contribution in [0, 0.1) is 9.52 Å². The van der Waals surface area contributed by atoms with Gasteiger partial charge in [-0.3, -0.25) is 0 Å². The predicted molar refractivity (Wildman–Crippen MR) is 74.7 cm³/mol. The van der Waals surface area contributed by atoms with Gasteiger partial charge in [-0.1, -0.05) is 0 Å².